The molecule has 1 atom stereocenters. The van der Waals surface area contributed by atoms with Gasteiger partial charge in [0.1, 0.15) is 13.2 Å². The summed E-state index contributed by atoms with van der Waals surface area (Å²) in [5.74, 6) is -0.911. The molecule has 0 bridgehead atoms. The van der Waals surface area contributed by atoms with Crippen LogP contribution in [0.2, 0.25) is 0 Å². The second-order valence-electron chi connectivity index (χ2n) is 18.5. The topological polar surface area (TPSA) is 78.9 Å². The van der Waals surface area contributed by atoms with E-state index in [0.29, 0.717) is 19.3 Å². The average molecular weight is 946 g/mol. The first-order valence-corrected chi connectivity index (χ1v) is 28.2. The highest BCUT2D eigenvalue weighted by Crippen LogP contribution is 2.14. The number of carbonyl (C=O) groups is 3. The van der Waals surface area contributed by atoms with Gasteiger partial charge >= 0.3 is 17.9 Å². The summed E-state index contributed by atoms with van der Waals surface area (Å²) in [5.41, 5.74) is 0. The quantitative estimate of drug-likeness (QED) is 0.0262. The van der Waals surface area contributed by atoms with E-state index in [1.807, 2.05) is 0 Å². The minimum Gasteiger partial charge on any atom is -0.462 e. The zero-order valence-electron chi connectivity index (χ0n) is 44.3. The molecule has 0 fully saturated rings. The SMILES string of the molecule is CC/C=C\C/C=C\C/C=C\C/C=C\C/C=C\C/C=C\CCCCCCCCCCC(=O)OCC(COC(=O)CCCCCCCCCC)OC(=O)CCCCCCC/C=C\C/C=C\CCCCC. The van der Waals surface area contributed by atoms with E-state index in [1.165, 1.54) is 89.9 Å². The summed E-state index contributed by atoms with van der Waals surface area (Å²) in [7, 11) is 0. The first-order chi connectivity index (χ1) is 33.5. The number of ether oxygens (including phenoxy) is 3. The van der Waals surface area contributed by atoms with Gasteiger partial charge in [-0.3, -0.25) is 14.4 Å². The van der Waals surface area contributed by atoms with E-state index in [1.54, 1.807) is 0 Å². The minimum absolute atomic E-state index is 0.0849. The molecule has 0 aromatic carbocycles. The summed E-state index contributed by atoms with van der Waals surface area (Å²) in [5, 5.41) is 0. The highest BCUT2D eigenvalue weighted by Gasteiger charge is 2.19. The second kappa shape index (κ2) is 55.9. The predicted octanol–water partition coefficient (Wildman–Crippen LogP) is 18.9. The van der Waals surface area contributed by atoms with Gasteiger partial charge in [-0.1, -0.05) is 234 Å². The molecular weight excluding hydrogens is 841 g/mol. The molecule has 388 valence electrons. The Morgan fingerprint density at radius 3 is 0.926 bits per heavy atom. The number of unbranched alkanes of at least 4 members (excludes halogenated alkanes) is 23. The molecule has 0 aromatic rings. The number of allylic oxidation sites excluding steroid dienone is 16. The minimum atomic E-state index is -0.786. The van der Waals surface area contributed by atoms with Crippen molar-refractivity contribution in [1.82, 2.24) is 0 Å². The Kier molecular flexibility index (Phi) is 52.9. The highest BCUT2D eigenvalue weighted by molar-refractivity contribution is 5.71. The van der Waals surface area contributed by atoms with Gasteiger partial charge in [0, 0.05) is 19.3 Å². The maximum atomic E-state index is 12.8. The van der Waals surface area contributed by atoms with Crippen molar-refractivity contribution in [3.05, 3.63) is 97.2 Å². The zero-order chi connectivity index (χ0) is 49.3. The second-order valence-corrected chi connectivity index (χ2v) is 18.5. The molecule has 0 aliphatic rings. The van der Waals surface area contributed by atoms with Crippen molar-refractivity contribution in [3.8, 4) is 0 Å². The Bertz CT molecular complexity index is 1360. The van der Waals surface area contributed by atoms with Crippen LogP contribution >= 0.6 is 0 Å². The van der Waals surface area contributed by atoms with Crippen LogP contribution in [0, 0.1) is 0 Å². The summed E-state index contributed by atoms with van der Waals surface area (Å²) in [6.45, 7) is 6.45. The summed E-state index contributed by atoms with van der Waals surface area (Å²) in [6.07, 6.45) is 74.1. The highest BCUT2D eigenvalue weighted by atomic mass is 16.6. The standard InChI is InChI=1S/C62H104O6/c1-4-7-10-13-16-19-21-23-25-26-27-28-29-30-31-32-33-34-35-36-38-39-41-43-46-49-52-55-61(64)67-58-59(57-66-60(63)54-51-48-45-18-15-12-9-6-3)68-62(65)56-53-50-47-44-42-40-37-24-22-20-17-14-11-8-5-2/h7,10,16-17,19-20,23-25,27-28,30-31,33-34,37,59H,4-6,8-9,11-15,18,21-22,26,29,32,35-36,38-58H2,1-3H3/b10-7-,19-16-,20-17-,25-23-,28-27-,31-30-,34-33-,37-24-. The van der Waals surface area contributed by atoms with Crippen LogP contribution in [0.3, 0.4) is 0 Å². The average Bonchev–Trinajstić information content (AvgIpc) is 3.34. The van der Waals surface area contributed by atoms with Gasteiger partial charge in [0.15, 0.2) is 6.10 Å². The van der Waals surface area contributed by atoms with Gasteiger partial charge in [0.05, 0.1) is 0 Å². The fourth-order valence-electron chi connectivity index (χ4n) is 7.59. The van der Waals surface area contributed by atoms with Crippen molar-refractivity contribution in [2.75, 3.05) is 13.2 Å². The van der Waals surface area contributed by atoms with Crippen LogP contribution in [0.5, 0.6) is 0 Å². The molecule has 0 spiro atoms. The van der Waals surface area contributed by atoms with E-state index >= 15 is 0 Å². The number of hydrogen-bond acceptors (Lipinski definition) is 6. The van der Waals surface area contributed by atoms with Gasteiger partial charge in [-0.2, -0.15) is 0 Å². The van der Waals surface area contributed by atoms with Crippen LogP contribution in [-0.4, -0.2) is 37.2 Å². The third-order valence-corrected chi connectivity index (χ3v) is 11.8. The number of carbonyl (C=O) groups excluding carboxylic acids is 3. The molecule has 68 heavy (non-hydrogen) atoms. The molecule has 0 rings (SSSR count). The van der Waals surface area contributed by atoms with Crippen LogP contribution in [0.25, 0.3) is 0 Å². The molecule has 6 heteroatoms. The van der Waals surface area contributed by atoms with Crippen LogP contribution < -0.4 is 0 Å². The van der Waals surface area contributed by atoms with Crippen LogP contribution in [0.1, 0.15) is 258 Å². The van der Waals surface area contributed by atoms with Crippen molar-refractivity contribution in [2.24, 2.45) is 0 Å². The Labute approximate surface area is 419 Å². The molecule has 0 saturated carbocycles. The van der Waals surface area contributed by atoms with E-state index in [0.717, 1.165) is 128 Å². The summed E-state index contributed by atoms with van der Waals surface area (Å²) >= 11 is 0. The molecular formula is C62H104O6. The van der Waals surface area contributed by atoms with Crippen LogP contribution in [0.15, 0.2) is 97.2 Å². The number of hydrogen-bond donors (Lipinski definition) is 0. The van der Waals surface area contributed by atoms with Crippen molar-refractivity contribution in [3.63, 3.8) is 0 Å². The lowest BCUT2D eigenvalue weighted by Gasteiger charge is -2.18. The van der Waals surface area contributed by atoms with E-state index in [2.05, 4.69) is 118 Å². The van der Waals surface area contributed by atoms with E-state index in [-0.39, 0.29) is 31.1 Å². The lowest BCUT2D eigenvalue weighted by Crippen LogP contribution is -2.30. The third-order valence-electron chi connectivity index (χ3n) is 11.8. The van der Waals surface area contributed by atoms with Gasteiger partial charge in [-0.15, -0.1) is 0 Å². The van der Waals surface area contributed by atoms with Gasteiger partial charge in [-0.25, -0.2) is 0 Å². The Balaban J connectivity index is 4.24. The molecule has 0 saturated heterocycles. The molecule has 0 N–H and O–H groups in total. The fraction of sp³-hybridized carbons (Fsp3) is 0.694. The van der Waals surface area contributed by atoms with Crippen LogP contribution in [0.4, 0.5) is 0 Å². The number of rotatable bonds is 50. The molecule has 0 aromatic heterocycles. The van der Waals surface area contributed by atoms with E-state index in [9.17, 15) is 14.4 Å². The Hall–Kier alpha value is -3.67. The summed E-state index contributed by atoms with van der Waals surface area (Å²) < 4.78 is 16.8. The Morgan fingerprint density at radius 2 is 0.574 bits per heavy atom. The van der Waals surface area contributed by atoms with E-state index < -0.39 is 6.10 Å². The van der Waals surface area contributed by atoms with Gasteiger partial charge in [-0.05, 0) is 103 Å². The predicted molar refractivity (Wildman–Crippen MR) is 293 cm³/mol. The lowest BCUT2D eigenvalue weighted by molar-refractivity contribution is -0.167. The van der Waals surface area contributed by atoms with Gasteiger partial charge in [0.2, 0.25) is 0 Å². The maximum Gasteiger partial charge on any atom is 0.306 e. The molecule has 0 amide bonds. The van der Waals surface area contributed by atoms with Gasteiger partial charge in [0.25, 0.3) is 0 Å². The Morgan fingerprint density at radius 1 is 0.309 bits per heavy atom. The summed E-state index contributed by atoms with van der Waals surface area (Å²) in [6, 6.07) is 0. The van der Waals surface area contributed by atoms with E-state index in [4.69, 9.17) is 14.2 Å². The van der Waals surface area contributed by atoms with Crippen molar-refractivity contribution < 1.29 is 28.6 Å². The first kappa shape index (κ1) is 64.3. The van der Waals surface area contributed by atoms with Crippen molar-refractivity contribution >= 4 is 17.9 Å². The molecule has 6 nitrogen and oxygen atoms in total. The smallest absolute Gasteiger partial charge is 0.306 e. The third kappa shape index (κ3) is 53.3. The molecule has 0 heterocycles. The zero-order valence-corrected chi connectivity index (χ0v) is 44.3. The maximum absolute atomic E-state index is 12.8. The lowest BCUT2D eigenvalue weighted by atomic mass is 10.1. The first-order valence-electron chi connectivity index (χ1n) is 28.2. The summed E-state index contributed by atoms with van der Waals surface area (Å²) in [4.78, 5) is 37.9. The van der Waals surface area contributed by atoms with Crippen molar-refractivity contribution in [1.29, 1.82) is 0 Å². The normalized spacial score (nSPS) is 12.8. The molecule has 1 unspecified atom stereocenters. The van der Waals surface area contributed by atoms with Crippen molar-refractivity contribution in [2.45, 2.75) is 264 Å². The molecule has 0 radical (unpaired) electrons. The monoisotopic (exact) mass is 945 g/mol. The fourth-order valence-corrected chi connectivity index (χ4v) is 7.59. The molecule has 0 aliphatic heterocycles. The molecule has 0 aliphatic carbocycles. The van der Waals surface area contributed by atoms with Crippen LogP contribution in [-0.2, 0) is 28.6 Å². The number of esters is 3. The largest absolute Gasteiger partial charge is 0.462 e. The van der Waals surface area contributed by atoms with Gasteiger partial charge < -0.3 is 14.2 Å².